The first-order valence-corrected chi connectivity index (χ1v) is 8.33. The molecule has 24 heavy (non-hydrogen) atoms. The maximum Gasteiger partial charge on any atom is 0.339 e. The van der Waals surface area contributed by atoms with Crippen LogP contribution in [-0.2, 0) is 0 Å². The molecule has 1 amide bonds. The van der Waals surface area contributed by atoms with Crippen LogP contribution in [0.2, 0.25) is 0 Å². The van der Waals surface area contributed by atoms with Crippen molar-refractivity contribution in [1.29, 1.82) is 0 Å². The van der Waals surface area contributed by atoms with Crippen molar-refractivity contribution in [2.24, 2.45) is 0 Å². The van der Waals surface area contributed by atoms with E-state index >= 15 is 0 Å². The van der Waals surface area contributed by atoms with Crippen LogP contribution in [0, 0.1) is 6.92 Å². The first-order valence-electron chi connectivity index (χ1n) is 7.52. The first kappa shape index (κ1) is 14.9. The topological polar surface area (TPSA) is 72.6 Å². The number of hydrogen-bond donors (Lipinski definition) is 0. The Bertz CT molecular complexity index is 939. The maximum atomic E-state index is 12.5. The molecule has 3 aromatic rings. The van der Waals surface area contributed by atoms with Crippen LogP contribution in [0.25, 0.3) is 10.2 Å². The molecule has 1 fully saturated rings. The van der Waals surface area contributed by atoms with Gasteiger partial charge in [-0.3, -0.25) is 4.79 Å². The van der Waals surface area contributed by atoms with Crippen molar-refractivity contribution >= 4 is 27.5 Å². The first-order chi connectivity index (χ1) is 11.6. The average molecular weight is 342 g/mol. The number of carbonyl (C=O) groups is 1. The molecule has 1 aliphatic heterocycles. The summed E-state index contributed by atoms with van der Waals surface area (Å²) in [4.78, 5) is 29.9. The number of aromatic nitrogens is 1. The van der Waals surface area contributed by atoms with E-state index in [4.69, 9.17) is 9.15 Å². The molecule has 1 aromatic carbocycles. The third-order valence-electron chi connectivity index (χ3n) is 3.78. The highest BCUT2D eigenvalue weighted by atomic mass is 32.1. The second kappa shape index (κ2) is 5.76. The average Bonchev–Trinajstić information content (AvgIpc) is 2.93. The minimum atomic E-state index is -0.438. The number of benzene rings is 1. The van der Waals surface area contributed by atoms with Gasteiger partial charge in [0.25, 0.3) is 5.91 Å². The lowest BCUT2D eigenvalue weighted by atomic mass is 10.1. The van der Waals surface area contributed by atoms with E-state index in [0.717, 1.165) is 10.2 Å². The summed E-state index contributed by atoms with van der Waals surface area (Å²) in [6, 6.07) is 10.7. The Morgan fingerprint density at radius 3 is 2.88 bits per heavy atom. The minimum Gasteiger partial charge on any atom is -0.486 e. The van der Waals surface area contributed by atoms with E-state index < -0.39 is 5.63 Å². The number of thiazole rings is 1. The van der Waals surface area contributed by atoms with Crippen LogP contribution in [0.4, 0.5) is 0 Å². The molecule has 4 rings (SSSR count). The molecule has 7 heteroatoms. The molecule has 6 nitrogen and oxygen atoms in total. The Balaban J connectivity index is 1.41. The van der Waals surface area contributed by atoms with Gasteiger partial charge < -0.3 is 14.1 Å². The van der Waals surface area contributed by atoms with Crippen molar-refractivity contribution in [3.05, 3.63) is 57.6 Å². The molecule has 0 saturated carbocycles. The number of nitrogens with zero attached hydrogens (tertiary/aromatic N) is 2. The van der Waals surface area contributed by atoms with Crippen molar-refractivity contribution in [2.45, 2.75) is 13.0 Å². The summed E-state index contributed by atoms with van der Waals surface area (Å²) in [6.45, 7) is 2.65. The van der Waals surface area contributed by atoms with E-state index in [1.54, 1.807) is 17.9 Å². The number of carbonyl (C=O) groups excluding carboxylic acids is 1. The minimum absolute atomic E-state index is 0.0835. The number of hydrogen-bond acceptors (Lipinski definition) is 6. The van der Waals surface area contributed by atoms with Gasteiger partial charge in [0.05, 0.1) is 29.4 Å². The van der Waals surface area contributed by atoms with Gasteiger partial charge in [0.2, 0.25) is 0 Å². The SMILES string of the molecule is Cc1cc(OC2CN(C(=O)c3nc4ccccc4s3)C2)cc(=O)o1. The molecule has 0 aliphatic carbocycles. The molecule has 0 bridgehead atoms. The highest BCUT2D eigenvalue weighted by Gasteiger charge is 2.34. The quantitative estimate of drug-likeness (QED) is 0.731. The summed E-state index contributed by atoms with van der Waals surface area (Å²) < 4.78 is 11.6. The maximum absolute atomic E-state index is 12.5. The lowest BCUT2D eigenvalue weighted by Crippen LogP contribution is -2.56. The van der Waals surface area contributed by atoms with Crippen LogP contribution in [0.3, 0.4) is 0 Å². The van der Waals surface area contributed by atoms with Crippen molar-refractivity contribution in [1.82, 2.24) is 9.88 Å². The lowest BCUT2D eigenvalue weighted by molar-refractivity contribution is 0.0175. The van der Waals surface area contributed by atoms with Gasteiger partial charge in [-0.1, -0.05) is 12.1 Å². The molecule has 0 N–H and O–H groups in total. The lowest BCUT2D eigenvalue weighted by Gasteiger charge is -2.38. The largest absolute Gasteiger partial charge is 0.486 e. The number of rotatable bonds is 3. The highest BCUT2D eigenvalue weighted by molar-refractivity contribution is 7.20. The third-order valence-corrected chi connectivity index (χ3v) is 4.81. The number of para-hydroxylation sites is 1. The van der Waals surface area contributed by atoms with Gasteiger partial charge in [-0.15, -0.1) is 11.3 Å². The third kappa shape index (κ3) is 2.78. The summed E-state index contributed by atoms with van der Waals surface area (Å²) in [5, 5.41) is 0.492. The smallest absolute Gasteiger partial charge is 0.339 e. The summed E-state index contributed by atoms with van der Waals surface area (Å²) in [7, 11) is 0. The second-order valence-corrected chi connectivity index (χ2v) is 6.69. The number of amides is 1. The van der Waals surface area contributed by atoms with Gasteiger partial charge in [0.1, 0.15) is 17.6 Å². The normalized spacial score (nSPS) is 14.6. The number of fused-ring (bicyclic) bond motifs is 1. The molecule has 0 spiro atoms. The van der Waals surface area contributed by atoms with Gasteiger partial charge in [0.15, 0.2) is 5.01 Å². The fraction of sp³-hybridized carbons (Fsp3) is 0.235. The molecule has 1 aliphatic rings. The summed E-state index contributed by atoms with van der Waals surface area (Å²) in [6.07, 6.45) is -0.121. The fourth-order valence-electron chi connectivity index (χ4n) is 2.61. The standard InChI is InChI=1S/C17H14N2O4S/c1-10-6-11(7-15(20)22-10)23-12-8-19(9-12)17(21)16-18-13-4-2-3-5-14(13)24-16/h2-7,12H,8-9H2,1H3. The monoisotopic (exact) mass is 342 g/mol. The van der Waals surface area contributed by atoms with E-state index in [9.17, 15) is 9.59 Å². The molecular formula is C17H14N2O4S. The summed E-state index contributed by atoms with van der Waals surface area (Å²) in [5.74, 6) is 0.889. The fourth-order valence-corrected chi connectivity index (χ4v) is 3.55. The molecule has 1 saturated heterocycles. The zero-order valence-corrected chi connectivity index (χ0v) is 13.7. The second-order valence-electron chi connectivity index (χ2n) is 5.66. The van der Waals surface area contributed by atoms with Gasteiger partial charge in [-0.25, -0.2) is 9.78 Å². The molecule has 2 aromatic heterocycles. The van der Waals surface area contributed by atoms with E-state index in [1.807, 2.05) is 24.3 Å². The summed E-state index contributed by atoms with van der Waals surface area (Å²) >= 11 is 1.40. The van der Waals surface area contributed by atoms with Crippen molar-refractivity contribution in [2.75, 3.05) is 13.1 Å². The van der Waals surface area contributed by atoms with Crippen LogP contribution < -0.4 is 10.4 Å². The van der Waals surface area contributed by atoms with Crippen LogP contribution >= 0.6 is 11.3 Å². The van der Waals surface area contributed by atoms with E-state index in [0.29, 0.717) is 29.6 Å². The Labute approximate surface area is 141 Å². The zero-order valence-electron chi connectivity index (χ0n) is 12.9. The van der Waals surface area contributed by atoms with Gasteiger partial charge in [-0.2, -0.15) is 0 Å². The predicted molar refractivity (Wildman–Crippen MR) is 89.7 cm³/mol. The highest BCUT2D eigenvalue weighted by Crippen LogP contribution is 2.25. The molecule has 0 atom stereocenters. The van der Waals surface area contributed by atoms with Crippen molar-refractivity contribution in [3.63, 3.8) is 0 Å². The Morgan fingerprint density at radius 2 is 2.12 bits per heavy atom. The van der Waals surface area contributed by atoms with Crippen LogP contribution in [-0.4, -0.2) is 35.0 Å². The summed E-state index contributed by atoms with van der Waals surface area (Å²) in [5.41, 5.74) is 0.400. The van der Waals surface area contributed by atoms with Crippen LogP contribution in [0.1, 0.15) is 15.6 Å². The zero-order chi connectivity index (χ0) is 16.7. The van der Waals surface area contributed by atoms with Gasteiger partial charge in [0, 0.05) is 6.07 Å². The molecule has 0 unspecified atom stereocenters. The number of ether oxygens (including phenoxy) is 1. The predicted octanol–water partition coefficient (Wildman–Crippen LogP) is 2.46. The van der Waals surface area contributed by atoms with Crippen molar-refractivity contribution in [3.8, 4) is 5.75 Å². The number of likely N-dealkylation sites (tertiary alicyclic amines) is 1. The molecular weight excluding hydrogens is 328 g/mol. The Morgan fingerprint density at radius 1 is 1.33 bits per heavy atom. The van der Waals surface area contributed by atoms with Crippen LogP contribution in [0.15, 0.2) is 45.6 Å². The molecule has 122 valence electrons. The van der Waals surface area contributed by atoms with E-state index in [2.05, 4.69) is 4.98 Å². The Hall–Kier alpha value is -2.67. The van der Waals surface area contributed by atoms with Gasteiger partial charge in [-0.05, 0) is 19.1 Å². The molecule has 0 radical (unpaired) electrons. The molecule has 3 heterocycles. The van der Waals surface area contributed by atoms with E-state index in [-0.39, 0.29) is 12.0 Å². The van der Waals surface area contributed by atoms with Gasteiger partial charge >= 0.3 is 5.63 Å². The number of aryl methyl sites for hydroxylation is 1. The van der Waals surface area contributed by atoms with Crippen LogP contribution in [0.5, 0.6) is 5.75 Å². The van der Waals surface area contributed by atoms with Crippen molar-refractivity contribution < 1.29 is 13.9 Å². The van der Waals surface area contributed by atoms with E-state index in [1.165, 1.54) is 17.4 Å². The Kier molecular flexibility index (Phi) is 3.57.